The van der Waals surface area contributed by atoms with Crippen LogP contribution in [0.1, 0.15) is 29.3 Å². The summed E-state index contributed by atoms with van der Waals surface area (Å²) >= 11 is 6.08. The van der Waals surface area contributed by atoms with E-state index < -0.39 is 27.9 Å². The lowest BCUT2D eigenvalue weighted by Crippen LogP contribution is -2.31. The lowest BCUT2D eigenvalue weighted by Gasteiger charge is -2.19. The largest absolute Gasteiger partial charge is 0.506 e. The summed E-state index contributed by atoms with van der Waals surface area (Å²) in [5.41, 5.74) is 3.26. The Hall–Kier alpha value is -5.38. The van der Waals surface area contributed by atoms with Gasteiger partial charge in [0, 0.05) is 39.3 Å². The molecular weight excluding hydrogens is 646 g/mol. The molecule has 6 aromatic rings. The fourth-order valence-electron chi connectivity index (χ4n) is 5.38. The first-order chi connectivity index (χ1) is 23.2. The summed E-state index contributed by atoms with van der Waals surface area (Å²) in [4.78, 5) is 27.9. The summed E-state index contributed by atoms with van der Waals surface area (Å²) < 4.78 is 21.5. The smallest absolute Gasteiger partial charge is 0.257 e. The van der Waals surface area contributed by atoms with E-state index in [0.29, 0.717) is 27.7 Å². The Labute approximate surface area is 285 Å². The van der Waals surface area contributed by atoms with Crippen molar-refractivity contribution in [1.29, 1.82) is 0 Å². The molecule has 6 rings (SSSR count). The average molecular weight is 678 g/mol. The van der Waals surface area contributed by atoms with Gasteiger partial charge in [-0.05, 0) is 73.5 Å². The van der Waals surface area contributed by atoms with Gasteiger partial charge in [-0.1, -0.05) is 67.1 Å². The number of halogens is 1. The molecule has 0 aliphatic rings. The molecule has 0 aliphatic heterocycles. The van der Waals surface area contributed by atoms with Crippen LogP contribution in [0.2, 0.25) is 5.02 Å². The van der Waals surface area contributed by atoms with E-state index in [1.807, 2.05) is 72.2 Å². The summed E-state index contributed by atoms with van der Waals surface area (Å²) in [5, 5.41) is 17.1. The highest BCUT2D eigenvalue weighted by molar-refractivity contribution is 7.86. The van der Waals surface area contributed by atoms with Gasteiger partial charge in [-0.2, -0.15) is 0 Å². The molecule has 0 saturated heterocycles. The summed E-state index contributed by atoms with van der Waals surface area (Å²) in [6, 6.07) is 33.8. The van der Waals surface area contributed by atoms with E-state index >= 15 is 0 Å². The summed E-state index contributed by atoms with van der Waals surface area (Å²) in [5.74, 6) is -0.726. The van der Waals surface area contributed by atoms with Gasteiger partial charge in [0.25, 0.3) is 5.91 Å². The lowest BCUT2D eigenvalue weighted by atomic mass is 10.1. The van der Waals surface area contributed by atoms with E-state index in [1.54, 1.807) is 55.6 Å². The van der Waals surface area contributed by atoms with E-state index in [0.717, 1.165) is 22.2 Å². The van der Waals surface area contributed by atoms with E-state index in [1.165, 1.54) is 12.1 Å². The Balaban J connectivity index is 1.33. The van der Waals surface area contributed by atoms with Crippen LogP contribution in [0.4, 0.5) is 11.4 Å². The number of amides is 2. The van der Waals surface area contributed by atoms with Crippen molar-refractivity contribution in [3.63, 3.8) is 0 Å². The number of phenols is 1. The van der Waals surface area contributed by atoms with Crippen LogP contribution >= 0.6 is 11.6 Å². The van der Waals surface area contributed by atoms with Gasteiger partial charge < -0.3 is 25.0 Å². The molecule has 1 heterocycles. The van der Waals surface area contributed by atoms with Gasteiger partial charge in [0.1, 0.15) is 16.7 Å². The second kappa shape index (κ2) is 14.2. The first-order valence-electron chi connectivity index (χ1n) is 15.3. The maximum absolute atomic E-state index is 13.8. The molecule has 8 nitrogen and oxygen atoms in total. The minimum Gasteiger partial charge on any atom is -0.506 e. The third-order valence-corrected chi connectivity index (χ3v) is 9.81. The quantitative estimate of drug-likeness (QED) is 0.126. The number of carbonyl (C=O) groups excluding carboxylic acids is 2. The zero-order chi connectivity index (χ0) is 33.8. The number of rotatable bonds is 10. The summed E-state index contributed by atoms with van der Waals surface area (Å²) in [6.07, 6.45) is 2.06. The van der Waals surface area contributed by atoms with E-state index in [-0.39, 0.29) is 22.9 Å². The van der Waals surface area contributed by atoms with Gasteiger partial charge in [-0.25, -0.2) is 0 Å². The zero-order valence-corrected chi connectivity index (χ0v) is 27.7. The number of anilines is 2. The molecule has 2 unspecified atom stereocenters. The molecule has 10 heteroatoms. The Morgan fingerprint density at radius 2 is 1.60 bits per heavy atom. The number of fused-ring (bicyclic) bond motifs is 1. The van der Waals surface area contributed by atoms with Crippen LogP contribution in [-0.2, 0) is 15.6 Å². The molecule has 0 saturated carbocycles. The Morgan fingerprint density at radius 1 is 0.875 bits per heavy atom. The fraction of sp³-hybridized carbons (Fsp3) is 0.105. The van der Waals surface area contributed by atoms with Gasteiger partial charge in [0.15, 0.2) is 5.75 Å². The molecule has 2 amide bonds. The second-order valence-corrected chi connectivity index (χ2v) is 13.2. The normalized spacial score (nSPS) is 12.3. The van der Waals surface area contributed by atoms with E-state index in [4.69, 9.17) is 16.3 Å². The minimum absolute atomic E-state index is 0.0638. The molecule has 242 valence electrons. The van der Waals surface area contributed by atoms with Gasteiger partial charge in [-0.15, -0.1) is 0 Å². The Morgan fingerprint density at radius 3 is 2.33 bits per heavy atom. The second-order valence-electron chi connectivity index (χ2n) is 11.1. The average Bonchev–Trinajstić information content (AvgIpc) is 3.48. The number of ether oxygens (including phenoxy) is 1. The Bertz CT molecular complexity index is 2150. The van der Waals surface area contributed by atoms with Crippen LogP contribution in [-0.4, -0.2) is 30.9 Å². The van der Waals surface area contributed by atoms with Crippen molar-refractivity contribution in [3.05, 3.63) is 138 Å². The molecular formula is C38H32ClN3O5S. The molecule has 0 spiro atoms. The van der Waals surface area contributed by atoms with Crippen molar-refractivity contribution in [2.45, 2.75) is 30.4 Å². The first kappa shape index (κ1) is 32.6. The van der Waals surface area contributed by atoms with Crippen LogP contribution in [0, 0.1) is 6.92 Å². The fourth-order valence-corrected chi connectivity index (χ4v) is 6.91. The predicted octanol–water partition coefficient (Wildman–Crippen LogP) is 8.87. The van der Waals surface area contributed by atoms with Gasteiger partial charge >= 0.3 is 0 Å². The molecule has 0 bridgehead atoms. The van der Waals surface area contributed by atoms with Crippen molar-refractivity contribution in [2.75, 3.05) is 10.6 Å². The van der Waals surface area contributed by atoms with Crippen molar-refractivity contribution in [3.8, 4) is 22.9 Å². The number of hydrogen-bond acceptors (Lipinski definition) is 5. The molecule has 0 fully saturated rings. The topological polar surface area (TPSA) is 110 Å². The van der Waals surface area contributed by atoms with E-state index in [9.17, 15) is 18.9 Å². The third kappa shape index (κ3) is 6.97. The SMILES string of the molecule is CCC(C(=O)Nc1cc(O)c(NC(=O)c2cn(-c3ccccc3)c3ccccc23)cc1Oc1ccc(Cl)cc1)S(=O)c1cccc(C)c1. The number of carbonyl (C=O) groups is 2. The number of para-hydroxylation sites is 2. The van der Waals surface area contributed by atoms with Gasteiger partial charge in [-0.3, -0.25) is 13.8 Å². The van der Waals surface area contributed by atoms with Crippen LogP contribution in [0.25, 0.3) is 16.6 Å². The lowest BCUT2D eigenvalue weighted by molar-refractivity contribution is -0.115. The van der Waals surface area contributed by atoms with Crippen LogP contribution < -0.4 is 15.4 Å². The van der Waals surface area contributed by atoms with Crippen LogP contribution in [0.3, 0.4) is 0 Å². The standard InChI is InChI=1S/C38H32ClN3O5S/c1-3-36(48(46)28-13-9-10-24(2)20-28)38(45)41-32-21-34(43)31(22-35(32)47-27-18-16-25(39)17-19-27)40-37(44)30-23-42(26-11-5-4-6-12-26)33-15-8-7-14-29(30)33/h4-23,36,43H,3H2,1-2H3,(H,40,44)(H,41,45). The predicted molar refractivity (Wildman–Crippen MR) is 191 cm³/mol. The van der Waals surface area contributed by atoms with Crippen molar-refractivity contribution in [1.82, 2.24) is 4.57 Å². The first-order valence-corrected chi connectivity index (χ1v) is 16.9. The number of phenolic OH excluding ortho intramolecular Hbond substituents is 1. The highest BCUT2D eigenvalue weighted by atomic mass is 35.5. The highest BCUT2D eigenvalue weighted by Crippen LogP contribution is 2.39. The number of aryl methyl sites for hydroxylation is 1. The summed E-state index contributed by atoms with van der Waals surface area (Å²) in [7, 11) is -1.63. The molecule has 1 aromatic heterocycles. The Kier molecular flexibility index (Phi) is 9.61. The zero-order valence-electron chi connectivity index (χ0n) is 26.1. The molecule has 3 N–H and O–H groups in total. The van der Waals surface area contributed by atoms with Crippen molar-refractivity contribution >= 4 is 56.5 Å². The molecule has 0 radical (unpaired) electrons. The summed E-state index contributed by atoms with van der Waals surface area (Å²) in [6.45, 7) is 3.68. The third-order valence-electron chi connectivity index (χ3n) is 7.78. The van der Waals surface area contributed by atoms with E-state index in [2.05, 4.69) is 10.6 Å². The number of aromatic hydroxyl groups is 1. The maximum Gasteiger partial charge on any atom is 0.257 e. The molecule has 5 aromatic carbocycles. The molecule has 0 aliphatic carbocycles. The van der Waals surface area contributed by atoms with Gasteiger partial charge in [0.05, 0.1) is 33.3 Å². The molecule has 48 heavy (non-hydrogen) atoms. The maximum atomic E-state index is 13.8. The van der Waals surface area contributed by atoms with Crippen molar-refractivity contribution in [2.24, 2.45) is 0 Å². The number of benzene rings is 5. The highest BCUT2D eigenvalue weighted by Gasteiger charge is 2.27. The minimum atomic E-state index is -1.63. The van der Waals surface area contributed by atoms with Crippen LogP contribution in [0.15, 0.2) is 126 Å². The number of aromatic nitrogens is 1. The number of nitrogens with zero attached hydrogens (tertiary/aromatic N) is 1. The van der Waals surface area contributed by atoms with Gasteiger partial charge in [0.2, 0.25) is 5.91 Å². The van der Waals surface area contributed by atoms with Crippen molar-refractivity contribution < 1.29 is 23.6 Å². The number of nitrogens with one attached hydrogen (secondary N) is 2. The molecule has 2 atom stereocenters. The van der Waals surface area contributed by atoms with Crippen LogP contribution in [0.5, 0.6) is 17.2 Å². The monoisotopic (exact) mass is 677 g/mol. The number of hydrogen-bond donors (Lipinski definition) is 3.